The van der Waals surface area contributed by atoms with Crippen molar-refractivity contribution in [2.45, 2.75) is 19.8 Å². The highest BCUT2D eigenvalue weighted by atomic mass is 16.2. The summed E-state index contributed by atoms with van der Waals surface area (Å²) in [5.41, 5.74) is 8.88. The molecule has 148 valence electrons. The summed E-state index contributed by atoms with van der Waals surface area (Å²) in [7, 11) is 0. The Kier molecular flexibility index (Phi) is 6.82. The molecule has 0 bridgehead atoms. The van der Waals surface area contributed by atoms with Crippen molar-refractivity contribution in [3.8, 4) is 11.1 Å². The smallest absolute Gasteiger partial charge is 0.231 e. The third-order valence-corrected chi connectivity index (χ3v) is 5.24. The fourth-order valence-electron chi connectivity index (χ4n) is 3.87. The molecule has 0 saturated carbocycles. The molecular formula is C23H29N3O2. The molecule has 2 amide bonds. The van der Waals surface area contributed by atoms with Gasteiger partial charge in [0.05, 0.1) is 12.5 Å². The lowest BCUT2D eigenvalue weighted by Gasteiger charge is -2.23. The average molecular weight is 380 g/mol. The first-order valence-corrected chi connectivity index (χ1v) is 10.0. The van der Waals surface area contributed by atoms with Crippen LogP contribution in [0, 0.1) is 5.92 Å². The van der Waals surface area contributed by atoms with Gasteiger partial charge in [-0.15, -0.1) is 0 Å². The van der Waals surface area contributed by atoms with Crippen LogP contribution in [-0.4, -0.2) is 54.3 Å². The second-order valence-electron chi connectivity index (χ2n) is 7.49. The molecule has 1 aliphatic rings. The van der Waals surface area contributed by atoms with Crippen LogP contribution in [0.3, 0.4) is 0 Å². The van der Waals surface area contributed by atoms with Gasteiger partial charge in [0, 0.05) is 26.2 Å². The second-order valence-corrected chi connectivity index (χ2v) is 7.49. The van der Waals surface area contributed by atoms with E-state index in [1.165, 1.54) is 11.1 Å². The monoisotopic (exact) mass is 379 g/mol. The van der Waals surface area contributed by atoms with Crippen LogP contribution in [0.1, 0.15) is 18.9 Å². The van der Waals surface area contributed by atoms with Crippen LogP contribution in [0.4, 0.5) is 0 Å². The molecule has 1 saturated heterocycles. The number of carbonyl (C=O) groups is 2. The molecule has 1 unspecified atom stereocenters. The first-order valence-electron chi connectivity index (χ1n) is 10.0. The van der Waals surface area contributed by atoms with Crippen LogP contribution >= 0.6 is 0 Å². The van der Waals surface area contributed by atoms with E-state index in [4.69, 9.17) is 5.73 Å². The Morgan fingerprint density at radius 3 is 2.36 bits per heavy atom. The molecule has 0 aliphatic carbocycles. The van der Waals surface area contributed by atoms with Crippen LogP contribution < -0.4 is 5.73 Å². The minimum atomic E-state index is -0.345. The van der Waals surface area contributed by atoms with Gasteiger partial charge in [-0.25, -0.2) is 0 Å². The van der Waals surface area contributed by atoms with E-state index < -0.39 is 0 Å². The Labute approximate surface area is 167 Å². The van der Waals surface area contributed by atoms with Gasteiger partial charge in [0.1, 0.15) is 0 Å². The summed E-state index contributed by atoms with van der Waals surface area (Å²) in [5, 5.41) is 0. The van der Waals surface area contributed by atoms with Crippen molar-refractivity contribution < 1.29 is 9.59 Å². The van der Waals surface area contributed by atoms with Gasteiger partial charge in [-0.05, 0) is 29.5 Å². The van der Waals surface area contributed by atoms with E-state index in [1.54, 1.807) is 0 Å². The van der Waals surface area contributed by atoms with Crippen LogP contribution in [0.2, 0.25) is 0 Å². The van der Waals surface area contributed by atoms with Gasteiger partial charge in [0.15, 0.2) is 0 Å². The molecule has 1 atom stereocenters. The van der Waals surface area contributed by atoms with Crippen LogP contribution in [-0.2, 0) is 16.0 Å². The van der Waals surface area contributed by atoms with Gasteiger partial charge in [-0.2, -0.15) is 0 Å². The van der Waals surface area contributed by atoms with Crippen molar-refractivity contribution in [1.29, 1.82) is 0 Å². The number of benzene rings is 2. The molecule has 2 N–H and O–H groups in total. The maximum absolute atomic E-state index is 13.0. The highest BCUT2D eigenvalue weighted by Gasteiger charge is 2.30. The van der Waals surface area contributed by atoms with E-state index in [1.807, 2.05) is 28.0 Å². The molecule has 1 aliphatic heterocycles. The van der Waals surface area contributed by atoms with E-state index in [0.717, 1.165) is 18.5 Å². The predicted octanol–water partition coefficient (Wildman–Crippen LogP) is 2.55. The van der Waals surface area contributed by atoms with E-state index in [9.17, 15) is 9.59 Å². The summed E-state index contributed by atoms with van der Waals surface area (Å²) in [6, 6.07) is 18.7. The lowest BCUT2D eigenvalue weighted by Crippen LogP contribution is -2.38. The number of nitrogens with two attached hydrogens (primary N) is 1. The Morgan fingerprint density at radius 1 is 1.04 bits per heavy atom. The minimum absolute atomic E-state index is 0.157. The van der Waals surface area contributed by atoms with Crippen molar-refractivity contribution in [1.82, 2.24) is 9.80 Å². The van der Waals surface area contributed by atoms with Gasteiger partial charge >= 0.3 is 0 Å². The molecule has 0 spiro atoms. The van der Waals surface area contributed by atoms with Crippen molar-refractivity contribution in [3.05, 3.63) is 60.2 Å². The maximum Gasteiger partial charge on any atom is 0.231 e. The summed E-state index contributed by atoms with van der Waals surface area (Å²) in [6.45, 7) is 4.96. The largest absolute Gasteiger partial charge is 0.369 e. The van der Waals surface area contributed by atoms with Crippen molar-refractivity contribution in [2.75, 3.05) is 32.7 Å². The number of carbonyl (C=O) groups excluding carboxylic acids is 2. The molecule has 5 heteroatoms. The standard InChI is InChI=1S/C23H29N3O2/c1-2-12-26-14-13-25(17-22(24)27)16-21(23(26)28)15-18-8-10-20(11-9-18)19-6-4-3-5-7-19/h3-11,21H,2,12-17H2,1H3,(H2,24,27). The summed E-state index contributed by atoms with van der Waals surface area (Å²) in [6.07, 6.45) is 1.60. The zero-order valence-corrected chi connectivity index (χ0v) is 16.5. The van der Waals surface area contributed by atoms with E-state index in [2.05, 4.69) is 43.3 Å². The predicted molar refractivity (Wildman–Crippen MR) is 112 cm³/mol. The topological polar surface area (TPSA) is 66.6 Å². The quantitative estimate of drug-likeness (QED) is 0.804. The Bertz CT molecular complexity index is 789. The number of nitrogens with zero attached hydrogens (tertiary/aromatic N) is 2. The Balaban J connectivity index is 1.75. The van der Waals surface area contributed by atoms with Crippen molar-refractivity contribution >= 4 is 11.8 Å². The summed E-state index contributed by atoms with van der Waals surface area (Å²) in [5.74, 6) is -0.320. The molecular weight excluding hydrogens is 350 g/mol. The molecule has 28 heavy (non-hydrogen) atoms. The number of rotatable bonds is 7. The molecule has 0 aromatic heterocycles. The lowest BCUT2D eigenvalue weighted by molar-refractivity contribution is -0.134. The SMILES string of the molecule is CCCN1CCN(CC(N)=O)CC(Cc2ccc(-c3ccccc3)cc2)C1=O. The first-order chi connectivity index (χ1) is 13.6. The third kappa shape index (κ3) is 5.20. The average Bonchev–Trinajstić information content (AvgIpc) is 2.83. The molecule has 2 aromatic rings. The number of amides is 2. The van der Waals surface area contributed by atoms with Crippen LogP contribution in [0.15, 0.2) is 54.6 Å². The third-order valence-electron chi connectivity index (χ3n) is 5.24. The molecule has 5 nitrogen and oxygen atoms in total. The van der Waals surface area contributed by atoms with Crippen molar-refractivity contribution in [3.63, 3.8) is 0 Å². The molecule has 2 aromatic carbocycles. The number of hydrogen-bond donors (Lipinski definition) is 1. The molecule has 0 radical (unpaired) electrons. The fourth-order valence-corrected chi connectivity index (χ4v) is 3.87. The summed E-state index contributed by atoms with van der Waals surface area (Å²) < 4.78 is 0. The molecule has 1 heterocycles. The zero-order chi connectivity index (χ0) is 19.9. The maximum atomic E-state index is 13.0. The van der Waals surface area contributed by atoms with Gasteiger partial charge < -0.3 is 10.6 Å². The van der Waals surface area contributed by atoms with Gasteiger partial charge in [0.25, 0.3) is 0 Å². The lowest BCUT2D eigenvalue weighted by atomic mass is 9.95. The van der Waals surface area contributed by atoms with E-state index in [-0.39, 0.29) is 24.3 Å². The van der Waals surface area contributed by atoms with Crippen LogP contribution in [0.25, 0.3) is 11.1 Å². The van der Waals surface area contributed by atoms with E-state index >= 15 is 0 Å². The highest BCUT2D eigenvalue weighted by molar-refractivity contribution is 5.80. The second kappa shape index (κ2) is 9.51. The Hall–Kier alpha value is -2.66. The van der Waals surface area contributed by atoms with Crippen LogP contribution in [0.5, 0.6) is 0 Å². The van der Waals surface area contributed by atoms with Gasteiger partial charge in [-0.3, -0.25) is 14.5 Å². The number of primary amides is 1. The number of hydrogen-bond acceptors (Lipinski definition) is 3. The van der Waals surface area contributed by atoms with E-state index in [0.29, 0.717) is 26.1 Å². The summed E-state index contributed by atoms with van der Waals surface area (Å²) >= 11 is 0. The van der Waals surface area contributed by atoms with Gasteiger partial charge in [-0.1, -0.05) is 61.5 Å². The first kappa shape index (κ1) is 20.1. The fraction of sp³-hybridized carbons (Fsp3) is 0.391. The molecule has 3 rings (SSSR count). The highest BCUT2D eigenvalue weighted by Crippen LogP contribution is 2.22. The zero-order valence-electron chi connectivity index (χ0n) is 16.5. The van der Waals surface area contributed by atoms with Gasteiger partial charge in [0.2, 0.25) is 11.8 Å². The summed E-state index contributed by atoms with van der Waals surface area (Å²) in [4.78, 5) is 28.4. The molecule has 1 fully saturated rings. The Morgan fingerprint density at radius 2 is 1.71 bits per heavy atom. The van der Waals surface area contributed by atoms with Crippen molar-refractivity contribution in [2.24, 2.45) is 11.7 Å². The normalized spacial score (nSPS) is 18.1. The minimum Gasteiger partial charge on any atom is -0.369 e.